The predicted octanol–water partition coefficient (Wildman–Crippen LogP) is 3.08. The lowest BCUT2D eigenvalue weighted by atomic mass is 9.98. The van der Waals surface area contributed by atoms with E-state index in [9.17, 15) is 13.2 Å². The Morgan fingerprint density at radius 1 is 1.06 bits per heavy atom. The highest BCUT2D eigenvalue weighted by Gasteiger charge is 2.33. The van der Waals surface area contributed by atoms with Crippen LogP contribution in [-0.2, 0) is 21.4 Å². The number of ether oxygens (including phenoxy) is 3. The number of hydrogen-bond donors (Lipinski definition) is 1. The maximum Gasteiger partial charge on any atom is 0.243 e. The van der Waals surface area contributed by atoms with Crippen molar-refractivity contribution in [1.29, 1.82) is 0 Å². The minimum absolute atomic E-state index is 0.125. The molecule has 1 fully saturated rings. The average Bonchev–Trinajstić information content (AvgIpc) is 2.82. The third-order valence-corrected chi connectivity index (χ3v) is 7.58. The Hall–Kier alpha value is -2.49. The first kappa shape index (κ1) is 24.2. The van der Waals surface area contributed by atoms with E-state index >= 15 is 0 Å². The van der Waals surface area contributed by atoms with E-state index in [1.807, 2.05) is 0 Å². The quantitative estimate of drug-likeness (QED) is 0.621. The Kier molecular flexibility index (Phi) is 7.86. The highest BCUT2D eigenvalue weighted by molar-refractivity contribution is 7.89. The van der Waals surface area contributed by atoms with Gasteiger partial charge in [0.25, 0.3) is 0 Å². The molecule has 1 saturated heterocycles. The van der Waals surface area contributed by atoms with Crippen molar-refractivity contribution >= 4 is 27.5 Å². The molecule has 0 bridgehead atoms. The van der Waals surface area contributed by atoms with Crippen LogP contribution in [-0.4, -0.2) is 53.0 Å². The number of carbonyl (C=O) groups is 1. The number of halogens is 1. The second kappa shape index (κ2) is 10.4. The summed E-state index contributed by atoms with van der Waals surface area (Å²) in [4.78, 5) is 13.0. The van der Waals surface area contributed by atoms with Crippen molar-refractivity contribution in [3.63, 3.8) is 0 Å². The second-order valence-electron chi connectivity index (χ2n) is 7.39. The van der Waals surface area contributed by atoms with Crippen LogP contribution in [0.15, 0.2) is 41.3 Å². The monoisotopic (exact) mass is 482 g/mol. The van der Waals surface area contributed by atoms with Gasteiger partial charge < -0.3 is 19.5 Å². The molecule has 10 heteroatoms. The number of carbonyl (C=O) groups excluding carboxylic acids is 1. The summed E-state index contributed by atoms with van der Waals surface area (Å²) in [5, 5.41) is 3.36. The van der Waals surface area contributed by atoms with E-state index in [4.69, 9.17) is 25.8 Å². The SMILES string of the molecule is COc1cc(OC)c(OC)cc1CNC(=O)C1CCCN(S(=O)(=O)c2ccc(Cl)cc2)C1. The molecule has 0 spiro atoms. The number of nitrogens with zero attached hydrogens (tertiary/aromatic N) is 1. The zero-order chi connectivity index (χ0) is 23.3. The van der Waals surface area contributed by atoms with Crippen molar-refractivity contribution in [2.75, 3.05) is 34.4 Å². The van der Waals surface area contributed by atoms with Gasteiger partial charge in [0.1, 0.15) is 5.75 Å². The molecule has 1 amide bonds. The van der Waals surface area contributed by atoms with Crippen molar-refractivity contribution in [1.82, 2.24) is 9.62 Å². The Morgan fingerprint density at radius 3 is 2.31 bits per heavy atom. The second-order valence-corrected chi connectivity index (χ2v) is 9.77. The third kappa shape index (κ3) is 5.28. The van der Waals surface area contributed by atoms with Gasteiger partial charge in [-0.15, -0.1) is 0 Å². The van der Waals surface area contributed by atoms with Crippen molar-refractivity contribution < 1.29 is 27.4 Å². The van der Waals surface area contributed by atoms with E-state index in [0.717, 1.165) is 5.56 Å². The molecule has 3 rings (SSSR count). The summed E-state index contributed by atoms with van der Waals surface area (Å²) in [5.74, 6) is 0.943. The number of rotatable bonds is 8. The molecule has 1 N–H and O–H groups in total. The van der Waals surface area contributed by atoms with Gasteiger partial charge in [0.15, 0.2) is 11.5 Å². The van der Waals surface area contributed by atoms with Gasteiger partial charge in [-0.3, -0.25) is 4.79 Å². The number of methoxy groups -OCH3 is 3. The van der Waals surface area contributed by atoms with Gasteiger partial charge in [0.05, 0.1) is 32.1 Å². The van der Waals surface area contributed by atoms with E-state index in [1.165, 1.54) is 37.8 Å². The third-order valence-electron chi connectivity index (χ3n) is 5.45. The molecule has 1 atom stereocenters. The first-order valence-corrected chi connectivity index (χ1v) is 11.9. The molecular formula is C22H27ClN2O6S. The van der Waals surface area contributed by atoms with E-state index in [0.29, 0.717) is 41.7 Å². The van der Waals surface area contributed by atoms with Crippen LogP contribution in [0.2, 0.25) is 5.02 Å². The summed E-state index contributed by atoms with van der Waals surface area (Å²) < 4.78 is 43.3. The minimum Gasteiger partial charge on any atom is -0.496 e. The van der Waals surface area contributed by atoms with Gasteiger partial charge in [-0.2, -0.15) is 4.31 Å². The Bertz CT molecular complexity index is 1060. The molecule has 1 heterocycles. The van der Waals surface area contributed by atoms with Crippen molar-refractivity contribution in [2.45, 2.75) is 24.3 Å². The number of piperidine rings is 1. The summed E-state index contributed by atoms with van der Waals surface area (Å²) in [6.07, 6.45) is 1.21. The predicted molar refractivity (Wildman–Crippen MR) is 121 cm³/mol. The summed E-state index contributed by atoms with van der Waals surface area (Å²) >= 11 is 5.87. The molecule has 0 radical (unpaired) electrons. The zero-order valence-electron chi connectivity index (χ0n) is 18.3. The van der Waals surface area contributed by atoms with E-state index in [2.05, 4.69) is 5.32 Å². The highest BCUT2D eigenvalue weighted by Crippen LogP contribution is 2.34. The van der Waals surface area contributed by atoms with Gasteiger partial charge >= 0.3 is 0 Å². The van der Waals surface area contributed by atoms with Crippen molar-refractivity contribution in [3.8, 4) is 17.2 Å². The molecule has 2 aromatic rings. The van der Waals surface area contributed by atoms with Crippen LogP contribution in [0.25, 0.3) is 0 Å². The van der Waals surface area contributed by atoms with E-state index in [-0.39, 0.29) is 23.9 Å². The molecule has 8 nitrogen and oxygen atoms in total. The highest BCUT2D eigenvalue weighted by atomic mass is 35.5. The minimum atomic E-state index is -3.70. The molecular weight excluding hydrogens is 456 g/mol. The molecule has 1 unspecified atom stereocenters. The van der Waals surface area contributed by atoms with E-state index in [1.54, 1.807) is 24.3 Å². The zero-order valence-corrected chi connectivity index (χ0v) is 19.8. The fraction of sp³-hybridized carbons (Fsp3) is 0.409. The maximum absolute atomic E-state index is 13.0. The molecule has 174 valence electrons. The van der Waals surface area contributed by atoms with Gasteiger partial charge in [-0.1, -0.05) is 11.6 Å². The lowest BCUT2D eigenvalue weighted by Gasteiger charge is -2.31. The van der Waals surface area contributed by atoms with Crippen molar-refractivity contribution in [3.05, 3.63) is 47.0 Å². The van der Waals surface area contributed by atoms with Gasteiger partial charge in [-0.25, -0.2) is 8.42 Å². The Balaban J connectivity index is 1.69. The van der Waals surface area contributed by atoms with E-state index < -0.39 is 15.9 Å². The van der Waals surface area contributed by atoms with Gasteiger partial charge in [0, 0.05) is 36.3 Å². The average molecular weight is 483 g/mol. The topological polar surface area (TPSA) is 94.2 Å². The number of amides is 1. The summed E-state index contributed by atoms with van der Waals surface area (Å²) in [7, 11) is 0.905. The van der Waals surface area contributed by atoms with Crippen LogP contribution in [0, 0.1) is 5.92 Å². The van der Waals surface area contributed by atoms with Crippen LogP contribution in [0.1, 0.15) is 18.4 Å². The fourth-order valence-electron chi connectivity index (χ4n) is 3.69. The molecule has 0 saturated carbocycles. The normalized spacial score (nSPS) is 16.9. The molecule has 0 aromatic heterocycles. The molecule has 1 aliphatic rings. The largest absolute Gasteiger partial charge is 0.496 e. The van der Waals surface area contributed by atoms with Crippen LogP contribution >= 0.6 is 11.6 Å². The first-order valence-electron chi connectivity index (χ1n) is 10.1. The standard InChI is InChI=1S/C22H27ClN2O6S/c1-29-19-12-21(31-3)20(30-2)11-16(19)13-24-22(26)15-5-4-10-25(14-15)32(27,28)18-8-6-17(23)7-9-18/h6-9,11-12,15H,4-5,10,13-14H2,1-3H3,(H,24,26). The van der Waals surface area contributed by atoms with Crippen LogP contribution in [0.4, 0.5) is 0 Å². The van der Waals surface area contributed by atoms with Crippen LogP contribution in [0.5, 0.6) is 17.2 Å². The summed E-state index contributed by atoms with van der Waals surface area (Å²) in [6.45, 7) is 0.709. The van der Waals surface area contributed by atoms with Gasteiger partial charge in [-0.05, 0) is 43.2 Å². The Morgan fingerprint density at radius 2 is 1.69 bits per heavy atom. The first-order chi connectivity index (χ1) is 15.3. The smallest absolute Gasteiger partial charge is 0.243 e. The van der Waals surface area contributed by atoms with Gasteiger partial charge in [0.2, 0.25) is 15.9 Å². The number of nitrogens with one attached hydrogen (secondary N) is 1. The lowest BCUT2D eigenvalue weighted by Crippen LogP contribution is -2.45. The summed E-state index contributed by atoms with van der Waals surface area (Å²) in [6, 6.07) is 9.48. The number of hydrogen-bond acceptors (Lipinski definition) is 6. The molecule has 1 aliphatic heterocycles. The molecule has 2 aromatic carbocycles. The lowest BCUT2D eigenvalue weighted by molar-refractivity contribution is -0.126. The maximum atomic E-state index is 13.0. The fourth-order valence-corrected chi connectivity index (χ4v) is 5.34. The van der Waals surface area contributed by atoms with Crippen LogP contribution < -0.4 is 19.5 Å². The van der Waals surface area contributed by atoms with Crippen molar-refractivity contribution in [2.24, 2.45) is 5.92 Å². The Labute approximate surface area is 193 Å². The summed E-state index contributed by atoms with van der Waals surface area (Å²) in [5.41, 5.74) is 0.722. The van der Waals surface area contributed by atoms with Crippen LogP contribution in [0.3, 0.4) is 0 Å². The number of benzene rings is 2. The number of sulfonamides is 1. The molecule has 0 aliphatic carbocycles. The molecule has 32 heavy (non-hydrogen) atoms.